The highest BCUT2D eigenvalue weighted by Crippen LogP contribution is 2.24. The Hall–Kier alpha value is -2.19. The minimum Gasteiger partial charge on any atom is -0.347 e. The molecule has 114 valence electrons. The second kappa shape index (κ2) is 5.30. The maximum absolute atomic E-state index is 12.6. The topological polar surface area (TPSA) is 59.7 Å². The molecule has 0 bridgehead atoms. The molecule has 0 atom stereocenters. The Labute approximate surface area is 119 Å². The molecule has 21 heavy (non-hydrogen) atoms. The molecule has 9 heteroatoms. The third-order valence-electron chi connectivity index (χ3n) is 2.71. The van der Waals surface area contributed by atoms with Crippen LogP contribution in [0.4, 0.5) is 19.1 Å². The van der Waals surface area contributed by atoms with Gasteiger partial charge in [0, 0.05) is 20.3 Å². The largest absolute Gasteiger partial charge is 0.408 e. The zero-order valence-corrected chi connectivity index (χ0v) is 12.1. The van der Waals surface area contributed by atoms with Gasteiger partial charge in [0.25, 0.3) is 0 Å². The number of halogens is 3. The summed E-state index contributed by atoms with van der Waals surface area (Å²) in [5.74, 6) is 0.868. The summed E-state index contributed by atoms with van der Waals surface area (Å²) in [6.45, 7) is 2.05. The number of anilines is 1. The van der Waals surface area contributed by atoms with Crippen molar-refractivity contribution in [2.24, 2.45) is 0 Å². The molecule has 0 saturated carbocycles. The summed E-state index contributed by atoms with van der Waals surface area (Å²) in [7, 11) is 3.56. The van der Waals surface area contributed by atoms with E-state index >= 15 is 0 Å². The van der Waals surface area contributed by atoms with Crippen LogP contribution in [0.5, 0.6) is 0 Å². The third-order valence-corrected chi connectivity index (χ3v) is 2.71. The summed E-state index contributed by atoms with van der Waals surface area (Å²) >= 11 is 0. The maximum Gasteiger partial charge on any atom is 0.408 e. The fourth-order valence-corrected chi connectivity index (χ4v) is 1.82. The Morgan fingerprint density at radius 3 is 2.38 bits per heavy atom. The van der Waals surface area contributed by atoms with Crippen LogP contribution in [0.1, 0.15) is 11.5 Å². The lowest BCUT2D eigenvalue weighted by Crippen LogP contribution is -2.20. The molecule has 2 aromatic heterocycles. The molecular weight excluding hydrogens is 285 g/mol. The van der Waals surface area contributed by atoms with Crippen molar-refractivity contribution in [3.63, 3.8) is 0 Å². The number of aryl methyl sites for hydroxylation is 2. The van der Waals surface area contributed by atoms with Gasteiger partial charge in [-0.2, -0.15) is 18.3 Å². The predicted octanol–water partition coefficient (Wildman–Crippen LogP) is 1.98. The molecule has 6 nitrogen and oxygen atoms in total. The summed E-state index contributed by atoms with van der Waals surface area (Å²) in [5, 5.41) is 3.79. The van der Waals surface area contributed by atoms with Crippen molar-refractivity contribution in [3.05, 3.63) is 17.7 Å². The molecule has 0 unspecified atom stereocenters. The molecule has 0 N–H and O–H groups in total. The number of rotatable bonds is 3. The van der Waals surface area contributed by atoms with E-state index in [0.29, 0.717) is 17.2 Å². The number of hydrogen-bond donors (Lipinski definition) is 0. The first-order valence-corrected chi connectivity index (χ1v) is 6.17. The Morgan fingerprint density at radius 1 is 1.19 bits per heavy atom. The molecule has 0 amide bonds. The lowest BCUT2D eigenvalue weighted by Gasteiger charge is -2.13. The first kappa shape index (κ1) is 15.2. The van der Waals surface area contributed by atoms with E-state index in [1.54, 1.807) is 32.8 Å². The first-order valence-electron chi connectivity index (χ1n) is 6.17. The highest BCUT2D eigenvalue weighted by molar-refractivity contribution is 5.58. The van der Waals surface area contributed by atoms with E-state index in [4.69, 9.17) is 0 Å². The van der Waals surface area contributed by atoms with Crippen LogP contribution in [-0.2, 0) is 6.54 Å². The molecule has 0 radical (unpaired) electrons. The van der Waals surface area contributed by atoms with Gasteiger partial charge < -0.3 is 4.90 Å². The lowest BCUT2D eigenvalue weighted by molar-refractivity contribution is -0.142. The van der Waals surface area contributed by atoms with E-state index in [1.165, 1.54) is 6.20 Å². The Kier molecular flexibility index (Phi) is 3.84. The molecule has 2 heterocycles. The van der Waals surface area contributed by atoms with Crippen LogP contribution in [0.3, 0.4) is 0 Å². The summed E-state index contributed by atoms with van der Waals surface area (Å²) in [5.41, 5.74) is 0.981. The van der Waals surface area contributed by atoms with Gasteiger partial charge in [-0.25, -0.2) is 19.6 Å². The summed E-state index contributed by atoms with van der Waals surface area (Å²) in [6, 6.07) is 0. The average molecular weight is 300 g/mol. The lowest BCUT2D eigenvalue weighted by atomic mass is 10.2. The number of aromatic nitrogens is 5. The van der Waals surface area contributed by atoms with Crippen molar-refractivity contribution < 1.29 is 13.2 Å². The summed E-state index contributed by atoms with van der Waals surface area (Å²) < 4.78 is 38.6. The van der Waals surface area contributed by atoms with Crippen LogP contribution in [0.15, 0.2) is 6.20 Å². The van der Waals surface area contributed by atoms with Gasteiger partial charge in [-0.15, -0.1) is 0 Å². The summed E-state index contributed by atoms with van der Waals surface area (Å²) in [4.78, 5) is 14.1. The fourth-order valence-electron chi connectivity index (χ4n) is 1.82. The van der Waals surface area contributed by atoms with Crippen LogP contribution < -0.4 is 4.90 Å². The third kappa shape index (κ3) is 3.47. The smallest absolute Gasteiger partial charge is 0.347 e. The number of hydrogen-bond acceptors (Lipinski definition) is 5. The van der Waals surface area contributed by atoms with Gasteiger partial charge in [-0.05, 0) is 13.8 Å². The molecule has 2 aromatic rings. The molecule has 0 fully saturated rings. The van der Waals surface area contributed by atoms with Gasteiger partial charge in [0.2, 0.25) is 5.95 Å². The molecule has 0 aliphatic rings. The van der Waals surface area contributed by atoms with E-state index < -0.39 is 12.7 Å². The average Bonchev–Trinajstić information content (AvgIpc) is 2.67. The van der Waals surface area contributed by atoms with Crippen molar-refractivity contribution >= 4 is 5.95 Å². The van der Waals surface area contributed by atoms with Crippen LogP contribution in [0.2, 0.25) is 0 Å². The normalized spacial score (nSPS) is 11.8. The van der Waals surface area contributed by atoms with Gasteiger partial charge >= 0.3 is 6.18 Å². The summed E-state index contributed by atoms with van der Waals surface area (Å²) in [6.07, 6.45) is -2.90. The van der Waals surface area contributed by atoms with Gasteiger partial charge in [0.05, 0.1) is 11.3 Å². The van der Waals surface area contributed by atoms with Crippen molar-refractivity contribution in [2.75, 3.05) is 19.0 Å². The molecule has 0 aliphatic heterocycles. The second-order valence-corrected chi connectivity index (χ2v) is 4.82. The fraction of sp³-hybridized carbons (Fsp3) is 0.500. The molecule has 0 aromatic carbocycles. The monoisotopic (exact) mass is 300 g/mol. The first-order chi connectivity index (χ1) is 9.67. The minimum atomic E-state index is -4.37. The Morgan fingerprint density at radius 2 is 1.86 bits per heavy atom. The van der Waals surface area contributed by atoms with E-state index in [0.717, 1.165) is 4.68 Å². The van der Waals surface area contributed by atoms with E-state index in [-0.39, 0.29) is 11.6 Å². The maximum atomic E-state index is 12.6. The van der Waals surface area contributed by atoms with Crippen LogP contribution in [0, 0.1) is 13.8 Å². The SMILES string of the molecule is Cc1nc(-c2cnc(N(C)C)nc2C)n(CC(F)(F)F)n1. The quantitative estimate of drug-likeness (QED) is 0.867. The minimum absolute atomic E-state index is 0.118. The predicted molar refractivity (Wildman–Crippen MR) is 70.9 cm³/mol. The number of alkyl halides is 3. The van der Waals surface area contributed by atoms with Crippen molar-refractivity contribution in [1.29, 1.82) is 0 Å². The molecular formula is C12H15F3N6. The molecule has 0 saturated heterocycles. The van der Waals surface area contributed by atoms with E-state index in [9.17, 15) is 13.2 Å². The highest BCUT2D eigenvalue weighted by Gasteiger charge is 2.30. The standard InChI is InChI=1S/C12H15F3N6/c1-7-9(5-16-11(17-7)20(3)4)10-18-8(2)19-21(10)6-12(13,14)15/h5H,6H2,1-4H3. The van der Waals surface area contributed by atoms with Crippen molar-refractivity contribution in [3.8, 4) is 11.4 Å². The molecule has 0 spiro atoms. The van der Waals surface area contributed by atoms with Crippen LogP contribution in [-0.4, -0.2) is 45.0 Å². The highest BCUT2D eigenvalue weighted by atomic mass is 19.4. The van der Waals surface area contributed by atoms with E-state index in [2.05, 4.69) is 20.1 Å². The van der Waals surface area contributed by atoms with Crippen molar-refractivity contribution in [1.82, 2.24) is 24.7 Å². The van der Waals surface area contributed by atoms with E-state index in [1.807, 2.05) is 0 Å². The van der Waals surface area contributed by atoms with Crippen LogP contribution in [0.25, 0.3) is 11.4 Å². The second-order valence-electron chi connectivity index (χ2n) is 4.82. The van der Waals surface area contributed by atoms with Crippen LogP contribution >= 0.6 is 0 Å². The van der Waals surface area contributed by atoms with Crippen molar-refractivity contribution in [2.45, 2.75) is 26.6 Å². The Bertz CT molecular complexity index is 647. The van der Waals surface area contributed by atoms with Gasteiger partial charge in [0.1, 0.15) is 12.4 Å². The molecule has 0 aliphatic carbocycles. The zero-order valence-electron chi connectivity index (χ0n) is 12.1. The Balaban J connectivity index is 2.47. The van der Waals surface area contributed by atoms with Gasteiger partial charge in [0.15, 0.2) is 5.82 Å². The molecule has 2 rings (SSSR count). The zero-order chi connectivity index (χ0) is 15.8. The van der Waals surface area contributed by atoms with Gasteiger partial charge in [-0.3, -0.25) is 0 Å². The number of nitrogens with zero attached hydrogens (tertiary/aromatic N) is 6. The van der Waals surface area contributed by atoms with Gasteiger partial charge in [-0.1, -0.05) is 0 Å².